The van der Waals surface area contributed by atoms with Crippen molar-refractivity contribution >= 4 is 40.5 Å². The molecule has 6 N–H and O–H groups in total. The van der Waals surface area contributed by atoms with Gasteiger partial charge in [0, 0.05) is 0 Å². The fraction of sp³-hybridized carbons (Fsp3) is 0.650. The molecule has 4 aliphatic carbocycles. The summed E-state index contributed by atoms with van der Waals surface area (Å²) >= 11 is -5.15. The number of carbonyl (C=O) groups is 1. The fourth-order valence-electron chi connectivity index (χ4n) is 6.28. The molecule has 0 atom stereocenters. The Hall–Kier alpha value is -1.36. The predicted octanol–water partition coefficient (Wildman–Crippen LogP) is 1.87. The molecule has 1 amide bonds. The summed E-state index contributed by atoms with van der Waals surface area (Å²) in [5.41, 5.74) is 1.52. The summed E-state index contributed by atoms with van der Waals surface area (Å²) in [6, 6.07) is 3.83. The Morgan fingerprint density at radius 2 is 1.50 bits per heavy atom. The van der Waals surface area contributed by atoms with Gasteiger partial charge < -0.3 is 0 Å². The molecule has 0 unspecified atom stereocenters. The number of amides is 1. The molecule has 4 aliphatic rings. The Bertz CT molecular complexity index is 962. The molecular weight excluding hydrogens is 505 g/mol. The van der Waals surface area contributed by atoms with Crippen molar-refractivity contribution in [2.75, 3.05) is 5.32 Å². The Morgan fingerprint density at radius 1 is 1.06 bits per heavy atom. The summed E-state index contributed by atoms with van der Waals surface area (Å²) in [5.74, 6) is 1.21. The molecule has 10 nitrogen and oxygen atoms in total. The van der Waals surface area contributed by atoms with Gasteiger partial charge in [0.1, 0.15) is 0 Å². The third-order valence-electron chi connectivity index (χ3n) is 6.29. The molecule has 4 bridgehead atoms. The van der Waals surface area contributed by atoms with Crippen molar-refractivity contribution in [2.45, 2.75) is 59.3 Å². The summed E-state index contributed by atoms with van der Waals surface area (Å²) in [6.07, 6.45) is 9.33. The van der Waals surface area contributed by atoms with E-state index in [-0.39, 0.29) is 5.69 Å². The van der Waals surface area contributed by atoms with E-state index >= 15 is 0 Å². The topological polar surface area (TPSA) is 181 Å². The van der Waals surface area contributed by atoms with Crippen LogP contribution in [0.1, 0.15) is 59.3 Å². The van der Waals surface area contributed by atoms with Crippen molar-refractivity contribution in [1.82, 2.24) is 0 Å². The van der Waals surface area contributed by atoms with E-state index < -0.39 is 40.6 Å². The molecule has 4 saturated carbocycles. The molecule has 5 rings (SSSR count). The number of phenols is 1. The maximum absolute atomic E-state index is 11.0. The third kappa shape index (κ3) is 7.90. The fourth-order valence-corrected chi connectivity index (χ4v) is 7.70. The van der Waals surface area contributed by atoms with E-state index in [1.54, 1.807) is 32.1 Å². The van der Waals surface area contributed by atoms with Crippen LogP contribution in [0.5, 0.6) is 5.75 Å². The summed E-state index contributed by atoms with van der Waals surface area (Å²) in [6.45, 7) is 6.32. The van der Waals surface area contributed by atoms with Crippen LogP contribution in [0, 0.1) is 22.7 Å². The van der Waals surface area contributed by atoms with Crippen molar-refractivity contribution in [1.29, 1.82) is 0 Å². The van der Waals surface area contributed by atoms with Crippen LogP contribution in [0.25, 0.3) is 0 Å². The first-order chi connectivity index (χ1) is 14.4. The maximum atomic E-state index is 11.0. The van der Waals surface area contributed by atoms with Gasteiger partial charge in [-0.1, -0.05) is 13.8 Å². The minimum atomic E-state index is -5.15. The van der Waals surface area contributed by atoms with E-state index in [1.165, 1.54) is 25.5 Å². The Balaban J connectivity index is 0.000000190. The van der Waals surface area contributed by atoms with Gasteiger partial charge in [-0.15, -0.1) is 0 Å². The number of carbonyl (C=O) groups excluding carboxylic acids is 1. The zero-order chi connectivity index (χ0) is 24.5. The molecule has 0 aliphatic heterocycles. The predicted molar refractivity (Wildman–Crippen MR) is 118 cm³/mol. The van der Waals surface area contributed by atoms with E-state index in [0.29, 0.717) is 0 Å². The van der Waals surface area contributed by atoms with Gasteiger partial charge in [0.15, 0.2) is 0 Å². The molecule has 32 heavy (non-hydrogen) atoms. The van der Waals surface area contributed by atoms with Gasteiger partial charge in [0.2, 0.25) is 0 Å². The number of phenolic OH excluding ortho intramolecular Hbond substituents is 1. The van der Waals surface area contributed by atoms with Crippen LogP contribution < -0.4 is 9.67 Å². The molecule has 182 valence electrons. The SMILES string of the molecule is CC(=O)Nc1cccc([As](=O)(O)O)c1O.CC12CC3CC(C1)CC(C)(C3)C2.O=S(=O)(O)O. The molecule has 0 radical (unpaired) electrons. The monoisotopic (exact) mass is 537 g/mol. The average molecular weight is 537 g/mol. The second-order valence-corrected chi connectivity index (χ2v) is 14.1. The Labute approximate surface area is 191 Å². The molecule has 0 aromatic heterocycles. The van der Waals surface area contributed by atoms with Crippen molar-refractivity contribution in [2.24, 2.45) is 22.7 Å². The van der Waals surface area contributed by atoms with Crippen LogP contribution in [-0.4, -0.2) is 50.9 Å². The normalized spacial score (nSPS) is 30.5. The number of rotatable bonds is 2. The van der Waals surface area contributed by atoms with E-state index in [2.05, 4.69) is 19.2 Å². The molecule has 12 heteroatoms. The number of para-hydroxylation sites is 1. The quantitative estimate of drug-likeness (QED) is 0.186. The largest absolute Gasteiger partial charge is 0.394 e. The van der Waals surface area contributed by atoms with Crippen molar-refractivity contribution < 1.29 is 39.4 Å². The second kappa shape index (κ2) is 9.48. The number of hydrogen-bond donors (Lipinski definition) is 6. The van der Waals surface area contributed by atoms with Crippen LogP contribution in [0.15, 0.2) is 18.2 Å². The van der Waals surface area contributed by atoms with Crippen LogP contribution in [0.3, 0.4) is 0 Å². The first-order valence-electron chi connectivity index (χ1n) is 10.2. The Morgan fingerprint density at radius 3 is 1.84 bits per heavy atom. The minimum absolute atomic E-state index is 0.00951. The summed E-state index contributed by atoms with van der Waals surface area (Å²) < 4.78 is 60.0. The number of hydrogen-bond acceptors (Lipinski definition) is 5. The first kappa shape index (κ1) is 26.9. The molecule has 0 heterocycles. The van der Waals surface area contributed by atoms with Gasteiger partial charge in [-0.2, -0.15) is 8.42 Å². The number of anilines is 1. The van der Waals surface area contributed by atoms with Gasteiger partial charge in [-0.05, 0) is 61.2 Å². The maximum Gasteiger partial charge on any atom is 0.394 e. The standard InChI is InChI=1S/C12H20.C8H10AsNO5.H2O4S/c1-11-4-9-3-10(5-11)7-12(2,6-9)8-11;1-5(11)10-7-4-2-3-6(8(7)12)9(13,14)15;1-5(2,3)4/h9-10H,3-8H2,1-2H3;2-4,12H,1H3,(H,10,11)(H2,13,14,15);(H2,1,2,3,4). The van der Waals surface area contributed by atoms with Gasteiger partial charge in [-0.25, -0.2) is 0 Å². The zero-order valence-electron chi connectivity index (χ0n) is 18.4. The van der Waals surface area contributed by atoms with Crippen molar-refractivity contribution in [3.8, 4) is 5.75 Å². The van der Waals surface area contributed by atoms with Gasteiger partial charge in [0.05, 0.1) is 0 Å². The summed E-state index contributed by atoms with van der Waals surface area (Å²) in [7, 11) is -4.67. The Kier molecular flexibility index (Phi) is 7.97. The smallest absolute Gasteiger partial charge is 0.264 e. The van der Waals surface area contributed by atoms with Crippen molar-refractivity contribution in [3.63, 3.8) is 0 Å². The number of benzene rings is 1. The van der Waals surface area contributed by atoms with Crippen molar-refractivity contribution in [3.05, 3.63) is 18.2 Å². The molecule has 1 aromatic carbocycles. The summed E-state index contributed by atoms with van der Waals surface area (Å²) in [4.78, 5) is 10.7. The summed E-state index contributed by atoms with van der Waals surface area (Å²) in [5, 5.41) is 11.7. The van der Waals surface area contributed by atoms with E-state index in [9.17, 15) is 13.6 Å². The van der Waals surface area contributed by atoms with E-state index in [0.717, 1.165) is 28.7 Å². The van der Waals surface area contributed by atoms with Gasteiger partial charge in [0.25, 0.3) is 0 Å². The first-order valence-corrected chi connectivity index (χ1v) is 15.0. The second-order valence-electron chi connectivity index (χ2n) is 9.93. The van der Waals surface area contributed by atoms with Gasteiger partial charge >= 0.3 is 98.5 Å². The average Bonchev–Trinajstić information content (AvgIpc) is 2.51. The van der Waals surface area contributed by atoms with Crippen LogP contribution in [0.2, 0.25) is 0 Å². The van der Waals surface area contributed by atoms with Gasteiger partial charge in [-0.3, -0.25) is 9.11 Å². The molecule has 1 aromatic rings. The zero-order valence-corrected chi connectivity index (χ0v) is 21.0. The minimum Gasteiger partial charge on any atom is -0.264 e. The molecule has 4 fully saturated rings. The van der Waals surface area contributed by atoms with E-state index in [4.69, 9.17) is 25.7 Å². The van der Waals surface area contributed by atoms with Crippen LogP contribution in [0.4, 0.5) is 5.69 Å². The molecule has 0 saturated heterocycles. The molecule has 0 spiro atoms. The van der Waals surface area contributed by atoms with Crippen LogP contribution >= 0.6 is 0 Å². The third-order valence-corrected chi connectivity index (χ3v) is 8.36. The van der Waals surface area contributed by atoms with E-state index in [1.807, 2.05) is 0 Å². The number of nitrogens with one attached hydrogen (secondary N) is 1. The van der Waals surface area contributed by atoms with Crippen LogP contribution in [-0.2, 0) is 18.9 Å². The molecular formula is C20H32AsNO9S. The number of aromatic hydroxyl groups is 1.